The second-order valence-corrected chi connectivity index (χ2v) is 9.44. The van der Waals surface area contributed by atoms with Crippen LogP contribution in [0.1, 0.15) is 21.6 Å². The summed E-state index contributed by atoms with van der Waals surface area (Å²) in [6, 6.07) is 23.0. The van der Waals surface area contributed by atoms with Gasteiger partial charge in [0.1, 0.15) is 5.75 Å². The van der Waals surface area contributed by atoms with Crippen molar-refractivity contribution in [3.63, 3.8) is 0 Å². The predicted molar refractivity (Wildman–Crippen MR) is 163 cm³/mol. The number of pyridine rings is 1. The third-order valence-electron chi connectivity index (χ3n) is 6.84. The molecule has 3 aromatic carbocycles. The van der Waals surface area contributed by atoms with Gasteiger partial charge in [-0.2, -0.15) is 4.98 Å². The van der Waals surface area contributed by atoms with Crippen molar-refractivity contribution >= 4 is 28.6 Å². The molecule has 2 heterocycles. The normalized spacial score (nSPS) is 10.8. The lowest BCUT2D eigenvalue weighted by atomic mass is 10.1. The van der Waals surface area contributed by atoms with E-state index in [0.717, 1.165) is 22.4 Å². The molecule has 0 atom stereocenters. The molecule has 1 amide bonds. The number of aromatic nitrogens is 3. The van der Waals surface area contributed by atoms with Crippen LogP contribution in [0, 0.1) is 6.92 Å². The molecule has 10 nitrogen and oxygen atoms in total. The van der Waals surface area contributed by atoms with Gasteiger partial charge >= 0.3 is 0 Å². The van der Waals surface area contributed by atoms with Gasteiger partial charge in [0.2, 0.25) is 5.95 Å². The number of fused-ring (bicyclic) bond motifs is 1. The van der Waals surface area contributed by atoms with E-state index < -0.39 is 0 Å². The van der Waals surface area contributed by atoms with E-state index in [0.29, 0.717) is 53.0 Å². The zero-order chi connectivity index (χ0) is 29.6. The first-order valence-electron chi connectivity index (χ1n) is 13.3. The fraction of sp³-hybridized carbons (Fsp3) is 0.188. The maximum Gasteiger partial charge on any atom is 0.256 e. The lowest BCUT2D eigenvalue weighted by Gasteiger charge is -2.14. The Labute approximate surface area is 242 Å². The summed E-state index contributed by atoms with van der Waals surface area (Å²) in [6.45, 7) is 2.46. The van der Waals surface area contributed by atoms with Crippen LogP contribution >= 0.6 is 0 Å². The number of nitrogens with zero attached hydrogens (tertiary/aromatic N) is 3. The number of aryl methyl sites for hydroxylation is 1. The van der Waals surface area contributed by atoms with E-state index >= 15 is 0 Å². The Morgan fingerprint density at radius 3 is 2.31 bits per heavy atom. The topological polar surface area (TPSA) is 117 Å². The van der Waals surface area contributed by atoms with E-state index in [2.05, 4.69) is 15.6 Å². The molecule has 0 radical (unpaired) electrons. The molecule has 42 heavy (non-hydrogen) atoms. The summed E-state index contributed by atoms with van der Waals surface area (Å²) < 4.78 is 17.5. The molecule has 5 rings (SSSR count). The Kier molecular flexibility index (Phi) is 8.33. The second-order valence-electron chi connectivity index (χ2n) is 9.44. The van der Waals surface area contributed by atoms with E-state index in [1.165, 1.54) is 17.7 Å². The second kappa shape index (κ2) is 12.4. The average Bonchev–Trinajstić information content (AvgIpc) is 3.01. The summed E-state index contributed by atoms with van der Waals surface area (Å²) in [4.78, 5) is 35.3. The molecule has 0 bridgehead atoms. The Balaban J connectivity index is 1.38. The molecule has 5 aromatic rings. The summed E-state index contributed by atoms with van der Waals surface area (Å²) in [5.74, 6) is 2.00. The van der Waals surface area contributed by atoms with Crippen molar-refractivity contribution in [2.24, 2.45) is 0 Å². The summed E-state index contributed by atoms with van der Waals surface area (Å²) in [7, 11) is 4.73. The number of nitrogens with one attached hydrogen (secondary N) is 2. The zero-order valence-corrected chi connectivity index (χ0v) is 23.8. The summed E-state index contributed by atoms with van der Waals surface area (Å²) in [6.07, 6.45) is 0.707. The lowest BCUT2D eigenvalue weighted by Crippen LogP contribution is -2.20. The van der Waals surface area contributed by atoms with Crippen LogP contribution in [-0.2, 0) is 6.42 Å². The highest BCUT2D eigenvalue weighted by atomic mass is 16.5. The van der Waals surface area contributed by atoms with E-state index in [9.17, 15) is 9.59 Å². The average molecular weight is 566 g/mol. The number of carbonyl (C=O) groups excluding carboxylic acids is 1. The first-order valence-corrected chi connectivity index (χ1v) is 13.3. The Morgan fingerprint density at radius 2 is 1.57 bits per heavy atom. The molecule has 10 heteroatoms. The van der Waals surface area contributed by atoms with Gasteiger partial charge in [0.15, 0.2) is 17.1 Å². The van der Waals surface area contributed by atoms with Gasteiger partial charge < -0.3 is 24.8 Å². The minimum absolute atomic E-state index is 0.247. The van der Waals surface area contributed by atoms with E-state index in [1.807, 2.05) is 31.2 Å². The third kappa shape index (κ3) is 5.87. The molecule has 0 saturated carbocycles. The highest BCUT2D eigenvalue weighted by Gasteiger charge is 2.14. The quantitative estimate of drug-likeness (QED) is 0.242. The first kappa shape index (κ1) is 28.2. The zero-order valence-electron chi connectivity index (χ0n) is 23.8. The number of para-hydroxylation sites is 1. The summed E-state index contributed by atoms with van der Waals surface area (Å²) >= 11 is 0. The van der Waals surface area contributed by atoms with E-state index in [1.54, 1.807) is 62.8 Å². The number of methoxy groups -OCH3 is 3. The molecule has 2 N–H and O–H groups in total. The van der Waals surface area contributed by atoms with Gasteiger partial charge in [0.05, 0.1) is 32.7 Å². The molecule has 0 unspecified atom stereocenters. The lowest BCUT2D eigenvalue weighted by molar-refractivity contribution is 0.102. The Hall–Kier alpha value is -5.38. The molecule has 0 aliphatic heterocycles. The van der Waals surface area contributed by atoms with Gasteiger partial charge in [0, 0.05) is 35.3 Å². The standard InChI is InChI=1S/C32H31N5O5/c1-20-25-14-16-29(38)37(30(25)36-32(34-20)33-18-17-21-7-5-6-8-26(21)40-2)24-12-9-22(10-13-24)31(39)35-23-11-15-27(41-3)28(19-23)42-4/h5-16,19H,17-18H2,1-4H3,(H,35,39)(H,33,34,36). The van der Waals surface area contributed by atoms with Crippen LogP contribution in [0.3, 0.4) is 0 Å². The minimum Gasteiger partial charge on any atom is -0.496 e. The van der Waals surface area contributed by atoms with Gasteiger partial charge in [0.25, 0.3) is 11.5 Å². The van der Waals surface area contributed by atoms with Crippen LogP contribution in [0.25, 0.3) is 16.7 Å². The molecular formula is C32H31N5O5. The van der Waals surface area contributed by atoms with E-state index in [-0.39, 0.29) is 11.5 Å². The maximum atomic E-state index is 13.1. The van der Waals surface area contributed by atoms with Crippen molar-refractivity contribution < 1.29 is 19.0 Å². The number of amides is 1. The van der Waals surface area contributed by atoms with Crippen LogP contribution in [-0.4, -0.2) is 48.3 Å². The van der Waals surface area contributed by atoms with Crippen molar-refractivity contribution in [3.8, 4) is 22.9 Å². The molecule has 0 saturated heterocycles. The van der Waals surface area contributed by atoms with Crippen molar-refractivity contribution in [1.82, 2.24) is 14.5 Å². The summed E-state index contributed by atoms with van der Waals surface area (Å²) in [5, 5.41) is 6.88. The van der Waals surface area contributed by atoms with Crippen LogP contribution < -0.4 is 30.4 Å². The monoisotopic (exact) mass is 565 g/mol. The Morgan fingerprint density at radius 1 is 0.833 bits per heavy atom. The number of carbonyl (C=O) groups is 1. The molecule has 0 aliphatic carbocycles. The summed E-state index contributed by atoms with van der Waals surface area (Å²) in [5.41, 5.74) is 3.58. The fourth-order valence-corrected chi connectivity index (χ4v) is 4.69. The number of rotatable bonds is 10. The number of ether oxygens (including phenoxy) is 3. The van der Waals surface area contributed by atoms with Crippen LogP contribution in [0.4, 0.5) is 11.6 Å². The van der Waals surface area contributed by atoms with Crippen molar-refractivity contribution in [3.05, 3.63) is 106 Å². The smallest absolute Gasteiger partial charge is 0.256 e. The third-order valence-corrected chi connectivity index (χ3v) is 6.84. The molecular weight excluding hydrogens is 534 g/mol. The first-order chi connectivity index (χ1) is 20.4. The number of hydrogen-bond donors (Lipinski definition) is 2. The van der Waals surface area contributed by atoms with Gasteiger partial charge in [-0.05, 0) is 67.4 Å². The highest BCUT2D eigenvalue weighted by Crippen LogP contribution is 2.30. The van der Waals surface area contributed by atoms with Gasteiger partial charge in [-0.3, -0.25) is 14.2 Å². The number of benzene rings is 3. The van der Waals surface area contributed by atoms with Crippen molar-refractivity contribution in [2.45, 2.75) is 13.3 Å². The van der Waals surface area contributed by atoms with Crippen molar-refractivity contribution in [2.75, 3.05) is 38.5 Å². The number of anilines is 2. The number of hydrogen-bond acceptors (Lipinski definition) is 8. The fourth-order valence-electron chi connectivity index (χ4n) is 4.69. The molecule has 2 aromatic heterocycles. The maximum absolute atomic E-state index is 13.1. The predicted octanol–water partition coefficient (Wildman–Crippen LogP) is 5.02. The van der Waals surface area contributed by atoms with Gasteiger partial charge in [-0.25, -0.2) is 4.98 Å². The minimum atomic E-state index is -0.307. The van der Waals surface area contributed by atoms with Crippen LogP contribution in [0.5, 0.6) is 17.2 Å². The van der Waals surface area contributed by atoms with E-state index in [4.69, 9.17) is 19.2 Å². The van der Waals surface area contributed by atoms with Gasteiger partial charge in [-0.1, -0.05) is 18.2 Å². The molecule has 0 spiro atoms. The molecule has 0 fully saturated rings. The Bertz CT molecular complexity index is 1800. The van der Waals surface area contributed by atoms with Crippen LogP contribution in [0.15, 0.2) is 83.7 Å². The molecule has 214 valence electrons. The molecule has 0 aliphatic rings. The largest absolute Gasteiger partial charge is 0.496 e. The highest BCUT2D eigenvalue weighted by molar-refractivity contribution is 6.04. The van der Waals surface area contributed by atoms with Gasteiger partial charge in [-0.15, -0.1) is 0 Å². The SMILES string of the molecule is COc1ccccc1CCNc1nc(C)c2ccc(=O)n(-c3ccc(C(=O)Nc4ccc(OC)c(OC)c4)cc3)c2n1. The van der Waals surface area contributed by atoms with Crippen molar-refractivity contribution in [1.29, 1.82) is 0 Å². The van der Waals surface area contributed by atoms with Crippen LogP contribution in [0.2, 0.25) is 0 Å².